The summed E-state index contributed by atoms with van der Waals surface area (Å²) < 4.78 is 0. The van der Waals surface area contributed by atoms with Crippen LogP contribution in [0.4, 0.5) is 0 Å². The van der Waals surface area contributed by atoms with Gasteiger partial charge in [-0.15, -0.1) is 0 Å². The highest BCUT2D eigenvalue weighted by Crippen LogP contribution is 1.98. The third-order valence-corrected chi connectivity index (χ3v) is 2.19. The van der Waals surface area contributed by atoms with Gasteiger partial charge in [0.25, 0.3) is 0 Å². The van der Waals surface area contributed by atoms with E-state index in [1.165, 1.54) is 5.56 Å². The number of nitrogens with zero attached hydrogens (tertiary/aromatic N) is 2. The molecule has 2 aromatic rings. The van der Waals surface area contributed by atoms with Gasteiger partial charge < -0.3 is 0 Å². The molecule has 0 N–H and O–H groups in total. The second-order valence-electron chi connectivity index (χ2n) is 3.63. The Hall–Kier alpha value is -1.70. The van der Waals surface area contributed by atoms with Crippen LogP contribution in [-0.4, -0.2) is 9.97 Å². The highest BCUT2D eigenvalue weighted by atomic mass is 14.7. The molecule has 0 aromatic carbocycles. The Morgan fingerprint density at radius 1 is 0.938 bits per heavy atom. The maximum atomic E-state index is 4.15. The van der Waals surface area contributed by atoms with Crippen LogP contribution in [0.3, 0.4) is 0 Å². The highest BCUT2D eigenvalue weighted by Gasteiger charge is 1.86. The van der Waals surface area contributed by atoms with E-state index in [1.807, 2.05) is 44.3 Å². The second-order valence-corrected chi connectivity index (χ2v) is 3.63. The summed E-state index contributed by atoms with van der Waals surface area (Å²) in [5, 5.41) is 0. The summed E-state index contributed by atoms with van der Waals surface area (Å²) in [4.78, 5) is 8.13. The Labute approximate surface area is 97.4 Å². The molecule has 0 aliphatic carbocycles. The van der Waals surface area contributed by atoms with Crippen molar-refractivity contribution in [1.82, 2.24) is 9.97 Å². The van der Waals surface area contributed by atoms with Crippen LogP contribution in [0, 0.1) is 13.8 Å². The first-order valence-electron chi connectivity index (χ1n) is 5.51. The molecule has 0 bridgehead atoms. The summed E-state index contributed by atoms with van der Waals surface area (Å²) in [5.41, 5.74) is 3.47. The van der Waals surface area contributed by atoms with Gasteiger partial charge in [-0.25, -0.2) is 0 Å². The lowest BCUT2D eigenvalue weighted by Gasteiger charge is -1.93. The number of hydrogen-bond donors (Lipinski definition) is 0. The van der Waals surface area contributed by atoms with Crippen LogP contribution in [-0.2, 0) is 6.42 Å². The Morgan fingerprint density at radius 2 is 1.69 bits per heavy atom. The lowest BCUT2D eigenvalue weighted by atomic mass is 10.2. The Balaban J connectivity index is 0.000000165. The van der Waals surface area contributed by atoms with Crippen LogP contribution >= 0.6 is 0 Å². The molecule has 0 saturated carbocycles. The van der Waals surface area contributed by atoms with Crippen molar-refractivity contribution >= 4 is 0 Å². The van der Waals surface area contributed by atoms with E-state index in [2.05, 4.69) is 23.0 Å². The van der Waals surface area contributed by atoms with Gasteiger partial charge in [-0.2, -0.15) is 0 Å². The molecule has 16 heavy (non-hydrogen) atoms. The highest BCUT2D eigenvalue weighted by molar-refractivity contribution is 5.12. The average molecular weight is 214 g/mol. The predicted molar refractivity (Wildman–Crippen MR) is 67.3 cm³/mol. The van der Waals surface area contributed by atoms with E-state index in [1.54, 1.807) is 6.20 Å². The Kier molecular flexibility index (Phi) is 5.20. The molecule has 0 fully saturated rings. The van der Waals surface area contributed by atoms with Crippen molar-refractivity contribution in [3.8, 4) is 0 Å². The zero-order chi connectivity index (χ0) is 11.8. The van der Waals surface area contributed by atoms with E-state index in [4.69, 9.17) is 0 Å². The largest absolute Gasteiger partial charge is 0.262 e. The molecule has 2 heterocycles. The first kappa shape index (κ1) is 12.4. The molecule has 2 aromatic heterocycles. The lowest BCUT2D eigenvalue weighted by molar-refractivity contribution is 1.08. The van der Waals surface area contributed by atoms with Crippen LogP contribution < -0.4 is 0 Å². The summed E-state index contributed by atoms with van der Waals surface area (Å²) in [6, 6.07) is 10.0. The van der Waals surface area contributed by atoms with Gasteiger partial charge in [0.05, 0.1) is 0 Å². The van der Waals surface area contributed by atoms with E-state index in [9.17, 15) is 0 Å². The van der Waals surface area contributed by atoms with Crippen molar-refractivity contribution in [2.75, 3.05) is 0 Å². The Bertz CT molecular complexity index is 393. The molecule has 0 unspecified atom stereocenters. The average Bonchev–Trinajstić information content (AvgIpc) is 2.32. The van der Waals surface area contributed by atoms with E-state index >= 15 is 0 Å². The second kappa shape index (κ2) is 6.72. The Morgan fingerprint density at radius 3 is 2.06 bits per heavy atom. The first-order valence-corrected chi connectivity index (χ1v) is 5.51. The zero-order valence-electron chi connectivity index (χ0n) is 10.1. The summed E-state index contributed by atoms with van der Waals surface area (Å²) in [5.74, 6) is 0. The number of rotatable bonds is 1. The van der Waals surface area contributed by atoms with Crippen molar-refractivity contribution in [1.29, 1.82) is 0 Å². The molecule has 84 valence electrons. The molecule has 0 aliphatic heterocycles. The zero-order valence-corrected chi connectivity index (χ0v) is 10.1. The van der Waals surface area contributed by atoms with Crippen molar-refractivity contribution < 1.29 is 0 Å². The van der Waals surface area contributed by atoms with Crippen molar-refractivity contribution in [3.05, 3.63) is 59.7 Å². The standard InChI is InChI=1S/C8H11N.C6H7N/c1-3-8-5-4-7(2)9-6-8;1-6-4-2-3-5-7-6/h4-6H,3H2,1-2H3;2-5H,1H3. The molecule has 0 radical (unpaired) electrons. The summed E-state index contributed by atoms with van der Waals surface area (Å²) >= 11 is 0. The fourth-order valence-corrected chi connectivity index (χ4v) is 1.16. The van der Waals surface area contributed by atoms with E-state index in [0.29, 0.717) is 0 Å². The van der Waals surface area contributed by atoms with Crippen LogP contribution in [0.1, 0.15) is 23.9 Å². The minimum absolute atomic E-state index is 1.07. The molecule has 0 amide bonds. The quantitative estimate of drug-likeness (QED) is 0.727. The maximum Gasteiger partial charge on any atom is 0.0372 e. The van der Waals surface area contributed by atoms with Gasteiger partial charge in [0, 0.05) is 23.8 Å². The van der Waals surface area contributed by atoms with Gasteiger partial charge >= 0.3 is 0 Å². The molecule has 0 aliphatic rings. The van der Waals surface area contributed by atoms with Crippen molar-refractivity contribution in [2.24, 2.45) is 0 Å². The third-order valence-electron chi connectivity index (χ3n) is 2.19. The van der Waals surface area contributed by atoms with Gasteiger partial charge in [0.1, 0.15) is 0 Å². The number of pyridine rings is 2. The number of aromatic nitrogens is 2. The fraction of sp³-hybridized carbons (Fsp3) is 0.286. The van der Waals surface area contributed by atoms with Gasteiger partial charge in [-0.05, 0) is 44.0 Å². The van der Waals surface area contributed by atoms with E-state index in [-0.39, 0.29) is 0 Å². The smallest absolute Gasteiger partial charge is 0.0372 e. The van der Waals surface area contributed by atoms with Crippen LogP contribution in [0.2, 0.25) is 0 Å². The van der Waals surface area contributed by atoms with E-state index in [0.717, 1.165) is 17.8 Å². The summed E-state index contributed by atoms with van der Waals surface area (Å²) in [7, 11) is 0. The minimum Gasteiger partial charge on any atom is -0.262 e. The molecular weight excluding hydrogens is 196 g/mol. The van der Waals surface area contributed by atoms with Crippen LogP contribution in [0.15, 0.2) is 42.7 Å². The predicted octanol–water partition coefficient (Wildman–Crippen LogP) is 3.34. The van der Waals surface area contributed by atoms with Gasteiger partial charge in [0.2, 0.25) is 0 Å². The molecule has 2 nitrogen and oxygen atoms in total. The normalized spacial score (nSPS) is 9.19. The maximum absolute atomic E-state index is 4.15. The minimum atomic E-state index is 1.07. The number of hydrogen-bond acceptors (Lipinski definition) is 2. The topological polar surface area (TPSA) is 25.8 Å². The SMILES string of the molecule is CCc1ccc(C)nc1.Cc1ccccn1. The van der Waals surface area contributed by atoms with Gasteiger partial charge in [0.15, 0.2) is 0 Å². The van der Waals surface area contributed by atoms with Gasteiger partial charge in [-0.3, -0.25) is 9.97 Å². The molecular formula is C14H18N2. The third kappa shape index (κ3) is 4.69. The fourth-order valence-electron chi connectivity index (χ4n) is 1.16. The lowest BCUT2D eigenvalue weighted by Crippen LogP contribution is -1.83. The molecule has 0 atom stereocenters. The van der Waals surface area contributed by atoms with Gasteiger partial charge in [-0.1, -0.05) is 19.1 Å². The molecule has 2 rings (SSSR count). The molecule has 0 spiro atoms. The monoisotopic (exact) mass is 214 g/mol. The van der Waals surface area contributed by atoms with Crippen molar-refractivity contribution in [2.45, 2.75) is 27.2 Å². The summed E-state index contributed by atoms with van der Waals surface area (Å²) in [6.07, 6.45) is 4.79. The van der Waals surface area contributed by atoms with Crippen molar-refractivity contribution in [3.63, 3.8) is 0 Å². The first-order chi connectivity index (χ1) is 7.72. The van der Waals surface area contributed by atoms with Crippen LogP contribution in [0.5, 0.6) is 0 Å². The van der Waals surface area contributed by atoms with E-state index < -0.39 is 0 Å². The van der Waals surface area contributed by atoms with Crippen LogP contribution in [0.25, 0.3) is 0 Å². The summed E-state index contributed by atoms with van der Waals surface area (Å²) in [6.45, 7) is 6.10. The molecule has 2 heteroatoms. The molecule has 0 saturated heterocycles. The number of aryl methyl sites for hydroxylation is 3.